The number of nitrogens with zero attached hydrogens (tertiary/aromatic N) is 1. The molecule has 19 heavy (non-hydrogen) atoms. The first-order valence-electron chi connectivity index (χ1n) is 7.97. The smallest absolute Gasteiger partial charge is 0.0270 e. The van der Waals surface area contributed by atoms with E-state index in [1.807, 2.05) is 12.4 Å². The van der Waals surface area contributed by atoms with Crippen LogP contribution in [0.5, 0.6) is 0 Å². The van der Waals surface area contributed by atoms with Crippen LogP contribution in [0.1, 0.15) is 44.6 Å². The third-order valence-corrected chi connectivity index (χ3v) is 5.20. The summed E-state index contributed by atoms with van der Waals surface area (Å²) in [5.41, 5.74) is 1.42. The van der Waals surface area contributed by atoms with E-state index < -0.39 is 0 Å². The summed E-state index contributed by atoms with van der Waals surface area (Å²) in [6.45, 7) is 3.30. The van der Waals surface area contributed by atoms with Gasteiger partial charge in [-0.2, -0.15) is 0 Å². The number of hydrogen-bond donors (Lipinski definition) is 1. The molecule has 2 fully saturated rings. The van der Waals surface area contributed by atoms with Gasteiger partial charge in [0.2, 0.25) is 0 Å². The maximum atomic E-state index is 4.11. The molecule has 2 heteroatoms. The second-order valence-electron chi connectivity index (χ2n) is 6.48. The van der Waals surface area contributed by atoms with Crippen LogP contribution in [0.4, 0.5) is 0 Å². The zero-order valence-electron chi connectivity index (χ0n) is 12.0. The van der Waals surface area contributed by atoms with Crippen molar-refractivity contribution in [2.45, 2.75) is 51.5 Å². The van der Waals surface area contributed by atoms with Gasteiger partial charge in [-0.1, -0.05) is 13.3 Å². The van der Waals surface area contributed by atoms with E-state index in [4.69, 9.17) is 0 Å². The molecule has 4 unspecified atom stereocenters. The van der Waals surface area contributed by atoms with E-state index in [1.54, 1.807) is 0 Å². The Morgan fingerprint density at radius 3 is 2.74 bits per heavy atom. The monoisotopic (exact) mass is 258 g/mol. The van der Waals surface area contributed by atoms with Gasteiger partial charge in [0.25, 0.3) is 0 Å². The van der Waals surface area contributed by atoms with Gasteiger partial charge in [0.05, 0.1) is 0 Å². The summed E-state index contributed by atoms with van der Waals surface area (Å²) < 4.78 is 0. The molecule has 2 nitrogen and oxygen atoms in total. The molecule has 2 saturated carbocycles. The number of aromatic nitrogens is 1. The van der Waals surface area contributed by atoms with Crippen molar-refractivity contribution in [3.8, 4) is 0 Å². The quantitative estimate of drug-likeness (QED) is 0.845. The van der Waals surface area contributed by atoms with Gasteiger partial charge >= 0.3 is 0 Å². The van der Waals surface area contributed by atoms with Crippen LogP contribution < -0.4 is 5.32 Å². The van der Waals surface area contributed by atoms with Crippen molar-refractivity contribution in [1.29, 1.82) is 0 Å². The SMILES string of the molecule is CCNC(Cc1ccncc1)CC1CC2CCC1C2. The normalized spacial score (nSPS) is 30.7. The Bertz CT molecular complexity index is 390. The maximum absolute atomic E-state index is 4.11. The van der Waals surface area contributed by atoms with Gasteiger partial charge in [-0.15, -0.1) is 0 Å². The molecule has 1 aromatic rings. The third kappa shape index (κ3) is 3.17. The number of pyridine rings is 1. The van der Waals surface area contributed by atoms with Crippen LogP contribution in [0, 0.1) is 17.8 Å². The lowest BCUT2D eigenvalue weighted by atomic mass is 9.83. The number of fused-ring (bicyclic) bond motifs is 2. The molecular formula is C17H26N2. The van der Waals surface area contributed by atoms with Gasteiger partial charge in [-0.05, 0) is 74.1 Å². The molecule has 1 aromatic heterocycles. The van der Waals surface area contributed by atoms with E-state index in [0.717, 1.165) is 30.7 Å². The fourth-order valence-electron chi connectivity index (χ4n) is 4.36. The molecule has 0 saturated heterocycles. The van der Waals surface area contributed by atoms with Crippen LogP contribution in [0.3, 0.4) is 0 Å². The first-order valence-corrected chi connectivity index (χ1v) is 7.97. The van der Waals surface area contributed by atoms with Crippen molar-refractivity contribution in [2.24, 2.45) is 17.8 Å². The molecule has 0 aromatic carbocycles. The van der Waals surface area contributed by atoms with Crippen LogP contribution in [0.2, 0.25) is 0 Å². The lowest BCUT2D eigenvalue weighted by molar-refractivity contribution is 0.278. The molecule has 1 heterocycles. The highest BCUT2D eigenvalue weighted by atomic mass is 14.9. The summed E-state index contributed by atoms with van der Waals surface area (Å²) in [4.78, 5) is 4.11. The second kappa shape index (κ2) is 6.04. The number of nitrogens with one attached hydrogen (secondary N) is 1. The van der Waals surface area contributed by atoms with Gasteiger partial charge < -0.3 is 5.32 Å². The van der Waals surface area contributed by atoms with Crippen molar-refractivity contribution >= 4 is 0 Å². The van der Waals surface area contributed by atoms with Crippen LogP contribution in [0.15, 0.2) is 24.5 Å². The molecule has 3 rings (SSSR count). The molecule has 2 aliphatic rings. The zero-order valence-corrected chi connectivity index (χ0v) is 12.0. The average molecular weight is 258 g/mol. The van der Waals surface area contributed by atoms with Crippen LogP contribution >= 0.6 is 0 Å². The van der Waals surface area contributed by atoms with Gasteiger partial charge in [0, 0.05) is 18.4 Å². The first-order chi connectivity index (χ1) is 9.35. The highest BCUT2D eigenvalue weighted by Crippen LogP contribution is 2.49. The Labute approximate surface area is 117 Å². The van der Waals surface area contributed by atoms with Crippen molar-refractivity contribution in [3.63, 3.8) is 0 Å². The Morgan fingerprint density at radius 1 is 1.26 bits per heavy atom. The maximum Gasteiger partial charge on any atom is 0.0270 e. The van der Waals surface area contributed by atoms with E-state index >= 15 is 0 Å². The third-order valence-electron chi connectivity index (χ3n) is 5.20. The largest absolute Gasteiger partial charge is 0.314 e. The summed E-state index contributed by atoms with van der Waals surface area (Å²) in [6, 6.07) is 4.97. The Kier molecular flexibility index (Phi) is 4.17. The summed E-state index contributed by atoms with van der Waals surface area (Å²) >= 11 is 0. The summed E-state index contributed by atoms with van der Waals surface area (Å²) in [7, 11) is 0. The van der Waals surface area contributed by atoms with E-state index in [1.165, 1.54) is 37.7 Å². The molecule has 0 aliphatic heterocycles. The zero-order chi connectivity index (χ0) is 13.1. The standard InChI is InChI=1S/C17H26N2/c1-2-19-17(11-13-5-7-18-8-6-13)12-16-10-14-3-4-15(16)9-14/h5-8,14-17,19H,2-4,9-12H2,1H3. The Hall–Kier alpha value is -0.890. The number of likely N-dealkylation sites (N-methyl/N-ethyl adjacent to an activating group) is 1. The molecule has 2 bridgehead atoms. The molecule has 0 amide bonds. The second-order valence-corrected chi connectivity index (χ2v) is 6.48. The topological polar surface area (TPSA) is 24.9 Å². The fourth-order valence-corrected chi connectivity index (χ4v) is 4.36. The van der Waals surface area contributed by atoms with E-state index in [9.17, 15) is 0 Å². The average Bonchev–Trinajstić information content (AvgIpc) is 3.02. The summed E-state index contributed by atoms with van der Waals surface area (Å²) in [5, 5.41) is 3.70. The van der Waals surface area contributed by atoms with Crippen molar-refractivity contribution in [3.05, 3.63) is 30.1 Å². The summed E-state index contributed by atoms with van der Waals surface area (Å²) in [6.07, 6.45) is 12.4. The molecule has 4 atom stereocenters. The molecule has 1 N–H and O–H groups in total. The molecular weight excluding hydrogens is 232 g/mol. The Balaban J connectivity index is 1.58. The predicted octanol–water partition coefficient (Wildman–Crippen LogP) is 3.43. The number of rotatable bonds is 6. The fraction of sp³-hybridized carbons (Fsp3) is 0.706. The van der Waals surface area contributed by atoms with E-state index in [0.29, 0.717) is 6.04 Å². The lowest BCUT2D eigenvalue weighted by Crippen LogP contribution is -2.34. The van der Waals surface area contributed by atoms with Gasteiger partial charge in [-0.3, -0.25) is 4.98 Å². The van der Waals surface area contributed by atoms with Crippen molar-refractivity contribution in [1.82, 2.24) is 10.3 Å². The van der Waals surface area contributed by atoms with E-state index in [-0.39, 0.29) is 0 Å². The van der Waals surface area contributed by atoms with Crippen molar-refractivity contribution in [2.75, 3.05) is 6.54 Å². The minimum absolute atomic E-state index is 0.650. The Morgan fingerprint density at radius 2 is 2.11 bits per heavy atom. The van der Waals surface area contributed by atoms with E-state index in [2.05, 4.69) is 29.4 Å². The van der Waals surface area contributed by atoms with Crippen LogP contribution in [0.25, 0.3) is 0 Å². The predicted molar refractivity (Wildman–Crippen MR) is 79.0 cm³/mol. The minimum atomic E-state index is 0.650. The van der Waals surface area contributed by atoms with Gasteiger partial charge in [-0.25, -0.2) is 0 Å². The highest BCUT2D eigenvalue weighted by Gasteiger charge is 2.39. The minimum Gasteiger partial charge on any atom is -0.314 e. The highest BCUT2D eigenvalue weighted by molar-refractivity contribution is 5.11. The number of hydrogen-bond acceptors (Lipinski definition) is 2. The summed E-state index contributed by atoms with van der Waals surface area (Å²) in [5.74, 6) is 3.10. The molecule has 0 radical (unpaired) electrons. The molecule has 104 valence electrons. The van der Waals surface area contributed by atoms with Crippen LogP contribution in [-0.2, 0) is 6.42 Å². The first kappa shape index (κ1) is 13.1. The van der Waals surface area contributed by atoms with Crippen molar-refractivity contribution < 1.29 is 0 Å². The molecule has 0 spiro atoms. The van der Waals surface area contributed by atoms with Gasteiger partial charge in [0.15, 0.2) is 0 Å². The molecule has 2 aliphatic carbocycles. The van der Waals surface area contributed by atoms with Crippen LogP contribution in [-0.4, -0.2) is 17.6 Å². The lowest BCUT2D eigenvalue weighted by Gasteiger charge is -2.27. The van der Waals surface area contributed by atoms with Gasteiger partial charge in [0.1, 0.15) is 0 Å².